The number of amides is 5. The minimum absolute atomic E-state index is 0.0349. The first-order valence-corrected chi connectivity index (χ1v) is 19.7. The number of benzene rings is 3. The molecule has 5 rings (SSSR count). The molecule has 15 heteroatoms. The van der Waals surface area contributed by atoms with E-state index in [1.807, 2.05) is 58.9 Å². The lowest BCUT2D eigenvalue weighted by Gasteiger charge is -2.35. The average molecular weight is 800 g/mol. The van der Waals surface area contributed by atoms with Crippen LogP contribution >= 0.6 is 11.3 Å². The van der Waals surface area contributed by atoms with Gasteiger partial charge in [-0.3, -0.25) is 24.0 Å². The van der Waals surface area contributed by atoms with E-state index < -0.39 is 41.2 Å². The van der Waals surface area contributed by atoms with Crippen molar-refractivity contribution in [1.82, 2.24) is 20.5 Å². The van der Waals surface area contributed by atoms with Crippen LogP contribution in [0.25, 0.3) is 10.4 Å². The predicted molar refractivity (Wildman–Crippen MR) is 219 cm³/mol. The standard InChI is InChI=1S/C42H50FN7O6S/c1-24(26-10-12-27(13-11-26)37-25(2)45-23-57-37)46-40(55)34-21-31(51)22-50(34)41(56)38(42(3,4)5)49-36(53)9-7-6-8-35(52)47-30-17-14-28(15-18-30)39(54)48-33-19-16-29(43)20-32(33)44/h10-20,23-24,31,34,38,51H,6-9,21-22,44H2,1-5H3,(H,46,55)(H,47,52)(H,48,54)(H,49,53)/t24-,31+,34-,38+/m0/s1. The van der Waals surface area contributed by atoms with Crippen LogP contribution in [0, 0.1) is 18.2 Å². The minimum Gasteiger partial charge on any atom is -0.397 e. The second kappa shape index (κ2) is 18.5. The summed E-state index contributed by atoms with van der Waals surface area (Å²) >= 11 is 1.56. The molecule has 1 saturated heterocycles. The largest absolute Gasteiger partial charge is 0.397 e. The number of hydrogen-bond acceptors (Lipinski definition) is 9. The number of carbonyl (C=O) groups excluding carboxylic acids is 5. The number of thiazole rings is 1. The summed E-state index contributed by atoms with van der Waals surface area (Å²) in [6.45, 7) is 9.25. The van der Waals surface area contributed by atoms with E-state index in [1.54, 1.807) is 29.0 Å². The Kier molecular flexibility index (Phi) is 13.8. The summed E-state index contributed by atoms with van der Waals surface area (Å²) in [7, 11) is 0. The van der Waals surface area contributed by atoms with Crippen molar-refractivity contribution in [2.75, 3.05) is 22.9 Å². The van der Waals surface area contributed by atoms with Crippen LogP contribution in [0.15, 0.2) is 72.2 Å². The van der Waals surface area contributed by atoms with Crippen molar-refractivity contribution in [1.29, 1.82) is 0 Å². The number of nitrogen functional groups attached to an aromatic ring is 1. The van der Waals surface area contributed by atoms with Crippen molar-refractivity contribution in [3.63, 3.8) is 0 Å². The van der Waals surface area contributed by atoms with Gasteiger partial charge < -0.3 is 37.0 Å². The third kappa shape index (κ3) is 11.2. The summed E-state index contributed by atoms with van der Waals surface area (Å²) in [4.78, 5) is 72.7. The summed E-state index contributed by atoms with van der Waals surface area (Å²) in [5.41, 5.74) is 10.9. The maximum absolute atomic E-state index is 14.0. The summed E-state index contributed by atoms with van der Waals surface area (Å²) in [6.07, 6.45) is 0.173. The topological polar surface area (TPSA) is 196 Å². The zero-order chi connectivity index (χ0) is 41.4. The van der Waals surface area contributed by atoms with Gasteiger partial charge in [-0.05, 0) is 85.7 Å². The van der Waals surface area contributed by atoms with E-state index in [4.69, 9.17) is 5.73 Å². The SMILES string of the molecule is Cc1ncsc1-c1ccc([C@H](C)NC(=O)[C@@H]2C[C@@H](O)CN2C(=O)[C@@H](NC(=O)CCCCC(=O)Nc2ccc(C(=O)Nc3ccc(F)cc3N)cc2)C(C)(C)C)cc1. The molecule has 0 bridgehead atoms. The third-order valence-electron chi connectivity index (χ3n) is 9.81. The molecule has 0 spiro atoms. The Labute approximate surface area is 335 Å². The molecule has 0 unspecified atom stereocenters. The van der Waals surface area contributed by atoms with Crippen LogP contribution in [0.1, 0.15) is 87.5 Å². The van der Waals surface area contributed by atoms with Gasteiger partial charge in [0.05, 0.1) is 39.6 Å². The molecule has 5 amide bonds. The second-order valence-corrected chi connectivity index (χ2v) is 16.3. The minimum atomic E-state index is -0.966. The van der Waals surface area contributed by atoms with Crippen LogP contribution in [0.5, 0.6) is 0 Å². The molecule has 1 aliphatic heterocycles. The van der Waals surface area contributed by atoms with Gasteiger partial charge in [0.2, 0.25) is 23.6 Å². The number of aliphatic hydroxyl groups excluding tert-OH is 1. The van der Waals surface area contributed by atoms with Gasteiger partial charge in [-0.15, -0.1) is 11.3 Å². The summed E-state index contributed by atoms with van der Waals surface area (Å²) < 4.78 is 13.3. The second-order valence-electron chi connectivity index (χ2n) is 15.4. The van der Waals surface area contributed by atoms with E-state index in [0.717, 1.165) is 27.8 Å². The van der Waals surface area contributed by atoms with Gasteiger partial charge in [0.15, 0.2) is 0 Å². The van der Waals surface area contributed by atoms with Crippen molar-refractivity contribution in [3.8, 4) is 10.4 Å². The lowest BCUT2D eigenvalue weighted by Crippen LogP contribution is -2.57. The normalized spacial score (nSPS) is 16.4. The number of likely N-dealkylation sites (tertiary alicyclic amines) is 1. The van der Waals surface area contributed by atoms with Crippen LogP contribution in [0.2, 0.25) is 0 Å². The van der Waals surface area contributed by atoms with E-state index in [-0.39, 0.29) is 60.9 Å². The van der Waals surface area contributed by atoms with Crippen molar-refractivity contribution in [2.24, 2.45) is 5.41 Å². The highest BCUT2D eigenvalue weighted by Gasteiger charge is 2.44. The van der Waals surface area contributed by atoms with E-state index in [9.17, 15) is 33.5 Å². The van der Waals surface area contributed by atoms with Gasteiger partial charge in [-0.2, -0.15) is 0 Å². The first kappa shape index (κ1) is 42.5. The predicted octanol–water partition coefficient (Wildman–Crippen LogP) is 5.96. The number of halogens is 1. The molecular formula is C42H50FN7O6S. The summed E-state index contributed by atoms with van der Waals surface area (Å²) in [5.74, 6) is -2.45. The first-order valence-electron chi connectivity index (χ1n) is 18.8. The molecular weight excluding hydrogens is 750 g/mol. The van der Waals surface area contributed by atoms with Crippen molar-refractivity contribution < 1.29 is 33.5 Å². The highest BCUT2D eigenvalue weighted by Crippen LogP contribution is 2.30. The first-order chi connectivity index (χ1) is 27.0. The quantitative estimate of drug-likeness (QED) is 0.0664. The number of nitrogens with one attached hydrogen (secondary N) is 4. The van der Waals surface area contributed by atoms with Crippen molar-refractivity contribution in [3.05, 3.63) is 94.9 Å². The van der Waals surface area contributed by atoms with E-state index in [2.05, 4.69) is 26.3 Å². The molecule has 0 aliphatic carbocycles. The number of hydrogen-bond donors (Lipinski definition) is 6. The zero-order valence-corrected chi connectivity index (χ0v) is 33.5. The molecule has 57 heavy (non-hydrogen) atoms. The lowest BCUT2D eigenvalue weighted by atomic mass is 9.85. The fraction of sp³-hybridized carbons (Fsp3) is 0.381. The fourth-order valence-corrected chi connectivity index (χ4v) is 7.40. The van der Waals surface area contributed by atoms with Gasteiger partial charge in [0.25, 0.3) is 5.91 Å². The monoisotopic (exact) mass is 799 g/mol. The maximum Gasteiger partial charge on any atom is 0.255 e. The number of unbranched alkanes of at least 4 members (excludes halogenated alkanes) is 1. The van der Waals surface area contributed by atoms with Crippen LogP contribution < -0.4 is 27.0 Å². The Morgan fingerprint density at radius 2 is 1.61 bits per heavy atom. The van der Waals surface area contributed by atoms with Crippen molar-refractivity contribution in [2.45, 2.75) is 91.0 Å². The van der Waals surface area contributed by atoms with Gasteiger partial charge in [-0.1, -0.05) is 45.0 Å². The summed E-state index contributed by atoms with van der Waals surface area (Å²) in [6, 6.07) is 15.5. The highest BCUT2D eigenvalue weighted by atomic mass is 32.1. The van der Waals surface area contributed by atoms with Gasteiger partial charge in [0.1, 0.15) is 17.9 Å². The molecule has 7 N–H and O–H groups in total. The van der Waals surface area contributed by atoms with Crippen LogP contribution in [-0.4, -0.2) is 69.3 Å². The number of nitrogens with zero attached hydrogens (tertiary/aromatic N) is 2. The lowest BCUT2D eigenvalue weighted by molar-refractivity contribution is -0.144. The van der Waals surface area contributed by atoms with Gasteiger partial charge in [0, 0.05) is 37.1 Å². The van der Waals surface area contributed by atoms with Gasteiger partial charge in [-0.25, -0.2) is 9.37 Å². The number of carbonyl (C=O) groups is 5. The molecule has 3 aromatic carbocycles. The Balaban J connectivity index is 1.08. The number of nitrogens with two attached hydrogens (primary N) is 1. The number of rotatable bonds is 14. The number of aliphatic hydroxyl groups is 1. The Morgan fingerprint density at radius 1 is 0.947 bits per heavy atom. The maximum atomic E-state index is 14.0. The highest BCUT2D eigenvalue weighted by molar-refractivity contribution is 7.13. The molecule has 4 atom stereocenters. The summed E-state index contributed by atoms with van der Waals surface area (Å²) in [5, 5.41) is 21.8. The Bertz CT molecular complexity index is 2080. The number of anilines is 3. The third-order valence-corrected chi connectivity index (χ3v) is 10.8. The average Bonchev–Trinajstić information content (AvgIpc) is 3.78. The van der Waals surface area contributed by atoms with E-state index in [1.165, 1.54) is 29.2 Å². The molecule has 1 aromatic heterocycles. The van der Waals surface area contributed by atoms with Crippen molar-refractivity contribution >= 4 is 57.9 Å². The van der Waals surface area contributed by atoms with E-state index >= 15 is 0 Å². The van der Waals surface area contributed by atoms with Gasteiger partial charge >= 0.3 is 0 Å². The van der Waals surface area contributed by atoms with E-state index in [0.29, 0.717) is 24.1 Å². The molecule has 2 heterocycles. The Hall–Kier alpha value is -5.67. The van der Waals surface area contributed by atoms with Crippen LogP contribution in [0.3, 0.4) is 0 Å². The Morgan fingerprint density at radius 3 is 2.23 bits per heavy atom. The van der Waals surface area contributed by atoms with Crippen LogP contribution in [0.4, 0.5) is 21.5 Å². The number of β-amino-alcohol motifs (C(OH)–C–C–N with tert-alkyl or cyclic N) is 1. The van der Waals surface area contributed by atoms with Crippen LogP contribution in [-0.2, 0) is 19.2 Å². The molecule has 1 fully saturated rings. The molecule has 13 nitrogen and oxygen atoms in total. The zero-order valence-electron chi connectivity index (χ0n) is 32.7. The molecule has 0 saturated carbocycles. The smallest absolute Gasteiger partial charge is 0.255 e. The molecule has 4 aromatic rings. The molecule has 1 aliphatic rings. The number of aromatic nitrogens is 1. The fourth-order valence-electron chi connectivity index (χ4n) is 6.59. The molecule has 302 valence electrons. The number of aryl methyl sites for hydroxylation is 1. The molecule has 0 radical (unpaired) electrons.